The van der Waals surface area contributed by atoms with E-state index in [-0.39, 0.29) is 10.9 Å². The summed E-state index contributed by atoms with van der Waals surface area (Å²) >= 11 is 0. The minimum Gasteiger partial charge on any atom is -0.213 e. The maximum atomic E-state index is 2.39. The molecular weight excluding hydrogens is 284 g/mol. The normalized spacial score (nSPS) is 15.8. The second-order valence-corrected chi connectivity index (χ2v) is 8.22. The van der Waals surface area contributed by atoms with Gasteiger partial charge in [-0.1, -0.05) is 75.5 Å². The summed E-state index contributed by atoms with van der Waals surface area (Å²) in [5, 5.41) is 4.77. The lowest BCUT2D eigenvalue weighted by Crippen LogP contribution is -1.84. The van der Waals surface area contributed by atoms with Crippen molar-refractivity contribution in [3.05, 3.63) is 47.3 Å². The van der Waals surface area contributed by atoms with Crippen molar-refractivity contribution in [3.8, 4) is 0 Å². The van der Waals surface area contributed by atoms with E-state index in [0.717, 1.165) is 6.42 Å². The topological polar surface area (TPSA) is 0 Å². The van der Waals surface area contributed by atoms with E-state index in [2.05, 4.69) is 54.2 Å². The standard InChI is InChI=1S/C21H36S/c1-2-3-4-5-6-7-8-9-10-11-12-13-14-15-16-19-22-20-17-18-21-22/h6-7,9-10,17-18,20-22H,2-5,8,11-16,19H2,1H3/b7-6-,10-9-. The lowest BCUT2D eigenvalue weighted by atomic mass is 10.1. The number of unbranched alkanes of at least 4 members (excludes halogenated alkanes) is 8. The molecule has 0 radical (unpaired) electrons. The quantitative estimate of drug-likeness (QED) is 0.192. The number of hydrogen-bond donors (Lipinski definition) is 1. The van der Waals surface area contributed by atoms with E-state index in [1.165, 1.54) is 70.0 Å². The zero-order chi connectivity index (χ0) is 15.7. The average molecular weight is 321 g/mol. The van der Waals surface area contributed by atoms with Crippen LogP contribution in [-0.4, -0.2) is 5.75 Å². The molecule has 126 valence electrons. The van der Waals surface area contributed by atoms with Crippen LogP contribution < -0.4 is 0 Å². The Hall–Kier alpha value is -0.690. The zero-order valence-corrected chi connectivity index (χ0v) is 15.4. The van der Waals surface area contributed by atoms with Crippen LogP contribution in [-0.2, 0) is 0 Å². The van der Waals surface area contributed by atoms with Gasteiger partial charge in [0.15, 0.2) is 0 Å². The van der Waals surface area contributed by atoms with Gasteiger partial charge in [-0.3, -0.25) is 0 Å². The first-order valence-corrected chi connectivity index (χ1v) is 11.0. The molecule has 0 amide bonds. The first kappa shape index (κ1) is 19.4. The molecule has 0 unspecified atom stereocenters. The van der Waals surface area contributed by atoms with Gasteiger partial charge in [-0.25, -0.2) is 10.9 Å². The Bertz CT molecular complexity index is 337. The predicted octanol–water partition coefficient (Wildman–Crippen LogP) is 7.45. The molecule has 0 atom stereocenters. The summed E-state index contributed by atoms with van der Waals surface area (Å²) in [6.45, 7) is 2.26. The summed E-state index contributed by atoms with van der Waals surface area (Å²) < 4.78 is 0. The molecule has 0 fully saturated rings. The van der Waals surface area contributed by atoms with Crippen molar-refractivity contribution in [1.82, 2.24) is 0 Å². The summed E-state index contributed by atoms with van der Waals surface area (Å²) in [7, 11) is 0.135. The van der Waals surface area contributed by atoms with Gasteiger partial charge in [0.05, 0.1) is 0 Å². The van der Waals surface area contributed by atoms with Gasteiger partial charge in [0.25, 0.3) is 0 Å². The number of thiol groups is 1. The summed E-state index contributed by atoms with van der Waals surface area (Å²) in [5.74, 6) is 1.41. The Morgan fingerprint density at radius 3 is 1.95 bits per heavy atom. The van der Waals surface area contributed by atoms with Gasteiger partial charge in [-0.2, -0.15) is 0 Å². The molecule has 0 saturated heterocycles. The first-order valence-electron chi connectivity index (χ1n) is 9.34. The lowest BCUT2D eigenvalue weighted by molar-refractivity contribution is 0.640. The molecule has 0 saturated carbocycles. The molecule has 1 rings (SSSR count). The van der Waals surface area contributed by atoms with Crippen molar-refractivity contribution in [3.63, 3.8) is 0 Å². The van der Waals surface area contributed by atoms with E-state index in [1.54, 1.807) is 0 Å². The third kappa shape index (κ3) is 11.9. The van der Waals surface area contributed by atoms with Crippen LogP contribution >= 0.6 is 10.9 Å². The van der Waals surface area contributed by atoms with Crippen LogP contribution in [0.15, 0.2) is 47.3 Å². The number of allylic oxidation sites excluding steroid dienone is 6. The minimum atomic E-state index is 0.135. The monoisotopic (exact) mass is 320 g/mol. The van der Waals surface area contributed by atoms with Crippen LogP contribution in [0.4, 0.5) is 0 Å². The largest absolute Gasteiger partial charge is 0.213 e. The van der Waals surface area contributed by atoms with Crippen LogP contribution in [0.2, 0.25) is 0 Å². The highest BCUT2D eigenvalue weighted by molar-refractivity contribution is 8.22. The molecule has 0 aromatic heterocycles. The molecule has 1 heterocycles. The molecular formula is C21H36S. The van der Waals surface area contributed by atoms with Crippen molar-refractivity contribution >= 4 is 10.9 Å². The van der Waals surface area contributed by atoms with Crippen molar-refractivity contribution in [1.29, 1.82) is 0 Å². The smallest absolute Gasteiger partial charge is 0.0169 e. The van der Waals surface area contributed by atoms with E-state index in [4.69, 9.17) is 0 Å². The zero-order valence-electron chi connectivity index (χ0n) is 14.6. The van der Waals surface area contributed by atoms with E-state index in [9.17, 15) is 0 Å². The Labute approximate surface area is 141 Å². The van der Waals surface area contributed by atoms with Gasteiger partial charge >= 0.3 is 0 Å². The summed E-state index contributed by atoms with van der Waals surface area (Å²) in [6.07, 6.45) is 28.5. The first-order chi connectivity index (χ1) is 10.9. The van der Waals surface area contributed by atoms with Gasteiger partial charge in [0, 0.05) is 0 Å². The summed E-state index contributed by atoms with van der Waals surface area (Å²) in [6, 6.07) is 0. The molecule has 0 aromatic carbocycles. The van der Waals surface area contributed by atoms with Crippen LogP contribution in [0, 0.1) is 0 Å². The fourth-order valence-corrected chi connectivity index (χ4v) is 4.25. The second kappa shape index (κ2) is 15.2. The Morgan fingerprint density at radius 2 is 1.27 bits per heavy atom. The van der Waals surface area contributed by atoms with Crippen molar-refractivity contribution in [2.24, 2.45) is 0 Å². The molecule has 1 heteroatoms. The molecule has 0 nitrogen and oxygen atoms in total. The van der Waals surface area contributed by atoms with Gasteiger partial charge in [0.2, 0.25) is 0 Å². The number of hydrogen-bond acceptors (Lipinski definition) is 0. The van der Waals surface area contributed by atoms with E-state index in [1.807, 2.05) is 0 Å². The maximum Gasteiger partial charge on any atom is -0.0169 e. The van der Waals surface area contributed by atoms with Crippen LogP contribution in [0.25, 0.3) is 0 Å². The molecule has 0 aromatic rings. The van der Waals surface area contributed by atoms with E-state index >= 15 is 0 Å². The fraction of sp³-hybridized carbons (Fsp3) is 0.619. The van der Waals surface area contributed by atoms with E-state index in [0.29, 0.717) is 0 Å². The summed E-state index contributed by atoms with van der Waals surface area (Å²) in [5.41, 5.74) is 0. The Morgan fingerprint density at radius 1 is 0.682 bits per heavy atom. The lowest BCUT2D eigenvalue weighted by Gasteiger charge is -2.08. The molecule has 0 aliphatic carbocycles. The molecule has 0 spiro atoms. The fourth-order valence-electron chi connectivity index (χ4n) is 2.63. The van der Waals surface area contributed by atoms with Crippen LogP contribution in [0.3, 0.4) is 0 Å². The van der Waals surface area contributed by atoms with Crippen LogP contribution in [0.1, 0.15) is 77.6 Å². The van der Waals surface area contributed by atoms with Gasteiger partial charge < -0.3 is 0 Å². The molecule has 0 bridgehead atoms. The Balaban J connectivity index is 1.77. The maximum absolute atomic E-state index is 2.39. The SMILES string of the molecule is CCCCC/C=C\C/C=C\CCCCCCC[SH]1C=CC=C1. The third-order valence-electron chi connectivity index (χ3n) is 4.03. The second-order valence-electron chi connectivity index (χ2n) is 6.15. The highest BCUT2D eigenvalue weighted by Crippen LogP contribution is 2.33. The summed E-state index contributed by atoms with van der Waals surface area (Å²) in [4.78, 5) is 0. The predicted molar refractivity (Wildman–Crippen MR) is 107 cm³/mol. The van der Waals surface area contributed by atoms with Crippen molar-refractivity contribution in [2.75, 3.05) is 5.75 Å². The highest BCUT2D eigenvalue weighted by atomic mass is 32.2. The molecule has 1 aliphatic rings. The molecule has 22 heavy (non-hydrogen) atoms. The van der Waals surface area contributed by atoms with Crippen molar-refractivity contribution in [2.45, 2.75) is 77.6 Å². The van der Waals surface area contributed by atoms with Crippen LogP contribution in [0.5, 0.6) is 0 Å². The Kier molecular flexibility index (Phi) is 13.4. The minimum absolute atomic E-state index is 0.135. The number of rotatable bonds is 14. The molecule has 1 aliphatic heterocycles. The van der Waals surface area contributed by atoms with E-state index < -0.39 is 0 Å². The van der Waals surface area contributed by atoms with Gasteiger partial charge in [-0.05, 0) is 55.1 Å². The van der Waals surface area contributed by atoms with Gasteiger partial charge in [-0.15, -0.1) is 0 Å². The third-order valence-corrected chi connectivity index (χ3v) is 5.98. The average Bonchev–Trinajstić information content (AvgIpc) is 3.04. The highest BCUT2D eigenvalue weighted by Gasteiger charge is 1.98. The van der Waals surface area contributed by atoms with Crippen molar-refractivity contribution < 1.29 is 0 Å². The van der Waals surface area contributed by atoms with Gasteiger partial charge in [0.1, 0.15) is 0 Å². The molecule has 0 N–H and O–H groups in total.